The zero-order valence-electron chi connectivity index (χ0n) is 11.3. The van der Waals surface area contributed by atoms with Gasteiger partial charge in [-0.1, -0.05) is 30.9 Å². The number of aromatic nitrogens is 1. The van der Waals surface area contributed by atoms with E-state index in [2.05, 4.69) is 20.9 Å². The van der Waals surface area contributed by atoms with Crippen LogP contribution >= 0.6 is 27.5 Å². The lowest BCUT2D eigenvalue weighted by atomic mass is 9.89. The molecule has 0 aromatic carbocycles. The lowest BCUT2D eigenvalue weighted by molar-refractivity contribution is 0.300. The molecular formula is C13H18BrClN2O2S. The maximum absolute atomic E-state index is 12.6. The van der Waals surface area contributed by atoms with Gasteiger partial charge in [0.05, 0.1) is 0 Å². The van der Waals surface area contributed by atoms with Crippen LogP contribution in [0.15, 0.2) is 21.6 Å². The summed E-state index contributed by atoms with van der Waals surface area (Å²) in [5.41, 5.74) is 0. The summed E-state index contributed by atoms with van der Waals surface area (Å²) < 4.78 is 27.1. The van der Waals surface area contributed by atoms with E-state index in [1.165, 1.54) is 35.8 Å². The number of sulfonamides is 1. The van der Waals surface area contributed by atoms with E-state index in [-0.39, 0.29) is 10.0 Å². The molecule has 20 heavy (non-hydrogen) atoms. The standard InChI is InChI=1S/C13H18BrClN2O2S/c1-17(9-10-5-3-2-4-6-10)20(18,19)12-7-11(14)8-16-13(12)15/h7-8,10H,2-6,9H2,1H3. The number of hydrogen-bond acceptors (Lipinski definition) is 3. The second kappa shape index (κ2) is 6.73. The Morgan fingerprint density at radius 2 is 2.05 bits per heavy atom. The van der Waals surface area contributed by atoms with Crippen LogP contribution < -0.4 is 0 Å². The highest BCUT2D eigenvalue weighted by atomic mass is 79.9. The largest absolute Gasteiger partial charge is 0.245 e. The van der Waals surface area contributed by atoms with Crippen molar-refractivity contribution in [3.05, 3.63) is 21.9 Å². The van der Waals surface area contributed by atoms with Crippen LogP contribution in [0.5, 0.6) is 0 Å². The predicted molar refractivity (Wildman–Crippen MR) is 83.3 cm³/mol. The molecule has 0 N–H and O–H groups in total. The second-order valence-electron chi connectivity index (χ2n) is 5.23. The second-order valence-corrected chi connectivity index (χ2v) is 8.52. The highest BCUT2D eigenvalue weighted by Gasteiger charge is 2.27. The van der Waals surface area contributed by atoms with Crippen molar-refractivity contribution in [3.8, 4) is 0 Å². The Labute approximate surface area is 133 Å². The molecule has 1 aromatic heterocycles. The zero-order valence-corrected chi connectivity index (χ0v) is 14.5. The molecule has 1 aliphatic rings. The van der Waals surface area contributed by atoms with Crippen molar-refractivity contribution in [2.24, 2.45) is 5.92 Å². The van der Waals surface area contributed by atoms with Gasteiger partial charge in [0.2, 0.25) is 10.0 Å². The molecule has 0 saturated heterocycles. The Balaban J connectivity index is 2.18. The van der Waals surface area contributed by atoms with Gasteiger partial charge in [-0.25, -0.2) is 17.7 Å². The highest BCUT2D eigenvalue weighted by Crippen LogP contribution is 2.28. The van der Waals surface area contributed by atoms with Crippen LogP contribution in [0.4, 0.5) is 0 Å². The molecular weight excluding hydrogens is 364 g/mol. The Morgan fingerprint density at radius 1 is 1.40 bits per heavy atom. The average Bonchev–Trinajstić information content (AvgIpc) is 2.42. The van der Waals surface area contributed by atoms with Crippen molar-refractivity contribution in [3.63, 3.8) is 0 Å². The van der Waals surface area contributed by atoms with Crippen LogP contribution in [-0.2, 0) is 10.0 Å². The lowest BCUT2D eigenvalue weighted by Crippen LogP contribution is -2.33. The number of rotatable bonds is 4. The summed E-state index contributed by atoms with van der Waals surface area (Å²) in [7, 11) is -1.97. The molecule has 0 spiro atoms. The van der Waals surface area contributed by atoms with Gasteiger partial charge < -0.3 is 0 Å². The van der Waals surface area contributed by atoms with Gasteiger partial charge in [0, 0.05) is 24.3 Å². The van der Waals surface area contributed by atoms with Gasteiger partial charge in [-0.15, -0.1) is 0 Å². The van der Waals surface area contributed by atoms with Gasteiger partial charge in [0.1, 0.15) is 10.0 Å². The van der Waals surface area contributed by atoms with Crippen LogP contribution in [0.1, 0.15) is 32.1 Å². The van der Waals surface area contributed by atoms with Crippen LogP contribution in [0, 0.1) is 5.92 Å². The van der Waals surface area contributed by atoms with Gasteiger partial charge in [-0.2, -0.15) is 0 Å². The van der Waals surface area contributed by atoms with Crippen molar-refractivity contribution in [1.82, 2.24) is 9.29 Å². The SMILES string of the molecule is CN(CC1CCCCC1)S(=O)(=O)c1cc(Br)cnc1Cl. The summed E-state index contributed by atoms with van der Waals surface area (Å²) in [5, 5.41) is 0.0173. The molecule has 0 atom stereocenters. The van der Waals surface area contributed by atoms with Crippen LogP contribution in [0.3, 0.4) is 0 Å². The molecule has 7 heteroatoms. The van der Waals surface area contributed by atoms with Crippen molar-refractivity contribution in [1.29, 1.82) is 0 Å². The normalized spacial score (nSPS) is 17.6. The van der Waals surface area contributed by atoms with Gasteiger partial charge in [-0.05, 0) is 40.8 Å². The quantitative estimate of drug-likeness (QED) is 0.747. The predicted octanol–water partition coefficient (Wildman–Crippen LogP) is 3.70. The topological polar surface area (TPSA) is 50.3 Å². The van der Waals surface area contributed by atoms with Crippen molar-refractivity contribution in [2.75, 3.05) is 13.6 Å². The molecule has 1 aromatic rings. The minimum atomic E-state index is -3.58. The number of hydrogen-bond donors (Lipinski definition) is 0. The fourth-order valence-corrected chi connectivity index (χ4v) is 4.75. The van der Waals surface area contributed by atoms with E-state index < -0.39 is 10.0 Å². The third kappa shape index (κ3) is 3.72. The molecule has 4 nitrogen and oxygen atoms in total. The van der Waals surface area contributed by atoms with Crippen LogP contribution in [-0.4, -0.2) is 31.3 Å². The van der Waals surface area contributed by atoms with Crippen LogP contribution in [0.25, 0.3) is 0 Å². The third-order valence-electron chi connectivity index (χ3n) is 3.70. The molecule has 2 rings (SSSR count). The van der Waals surface area contributed by atoms with E-state index in [0.717, 1.165) is 12.8 Å². The first-order chi connectivity index (χ1) is 9.41. The van der Waals surface area contributed by atoms with Crippen molar-refractivity contribution >= 4 is 37.6 Å². The molecule has 0 amide bonds. The summed E-state index contributed by atoms with van der Waals surface area (Å²) in [6, 6.07) is 1.50. The Hall–Kier alpha value is -0.170. The van der Waals surface area contributed by atoms with E-state index in [4.69, 9.17) is 11.6 Å². The average molecular weight is 382 g/mol. The van der Waals surface area contributed by atoms with Gasteiger partial charge in [0.15, 0.2) is 0 Å². The molecule has 1 heterocycles. The Kier molecular flexibility index (Phi) is 5.45. The van der Waals surface area contributed by atoms with E-state index in [1.807, 2.05) is 0 Å². The first-order valence-corrected chi connectivity index (χ1v) is 9.30. The summed E-state index contributed by atoms with van der Waals surface area (Å²) in [5.74, 6) is 0.447. The maximum Gasteiger partial charge on any atom is 0.245 e. The molecule has 112 valence electrons. The van der Waals surface area contributed by atoms with Gasteiger partial charge >= 0.3 is 0 Å². The molecule has 1 fully saturated rings. The summed E-state index contributed by atoms with van der Waals surface area (Å²) in [6.45, 7) is 0.547. The minimum absolute atomic E-state index is 0.0173. The van der Waals surface area contributed by atoms with Crippen molar-refractivity contribution in [2.45, 2.75) is 37.0 Å². The van der Waals surface area contributed by atoms with Crippen LogP contribution in [0.2, 0.25) is 5.15 Å². The molecule has 0 bridgehead atoms. The molecule has 0 radical (unpaired) electrons. The third-order valence-corrected chi connectivity index (χ3v) is 6.39. The monoisotopic (exact) mass is 380 g/mol. The van der Waals surface area contributed by atoms with E-state index in [1.54, 1.807) is 7.05 Å². The van der Waals surface area contributed by atoms with E-state index in [9.17, 15) is 8.42 Å². The fraction of sp³-hybridized carbons (Fsp3) is 0.615. The van der Waals surface area contributed by atoms with Gasteiger partial charge in [0.25, 0.3) is 0 Å². The Bertz CT molecular complexity index is 574. The highest BCUT2D eigenvalue weighted by molar-refractivity contribution is 9.10. The summed E-state index contributed by atoms with van der Waals surface area (Å²) in [4.78, 5) is 3.95. The van der Waals surface area contributed by atoms with Crippen molar-refractivity contribution < 1.29 is 8.42 Å². The number of nitrogens with zero attached hydrogens (tertiary/aromatic N) is 2. The summed E-state index contributed by atoms with van der Waals surface area (Å²) >= 11 is 9.16. The molecule has 0 unspecified atom stereocenters. The fourth-order valence-electron chi connectivity index (χ4n) is 2.58. The Morgan fingerprint density at radius 3 is 2.70 bits per heavy atom. The molecule has 0 aliphatic heterocycles. The smallest absolute Gasteiger partial charge is 0.242 e. The lowest BCUT2D eigenvalue weighted by Gasteiger charge is -2.26. The van der Waals surface area contributed by atoms with Gasteiger partial charge in [-0.3, -0.25) is 0 Å². The first-order valence-electron chi connectivity index (χ1n) is 6.68. The number of halogens is 2. The zero-order chi connectivity index (χ0) is 14.8. The van der Waals surface area contributed by atoms with E-state index >= 15 is 0 Å². The summed E-state index contributed by atoms with van der Waals surface area (Å²) in [6.07, 6.45) is 7.33. The number of pyridine rings is 1. The minimum Gasteiger partial charge on any atom is -0.242 e. The first kappa shape index (κ1) is 16.2. The molecule has 1 aliphatic carbocycles. The molecule has 1 saturated carbocycles. The maximum atomic E-state index is 12.6. The van der Waals surface area contributed by atoms with E-state index in [0.29, 0.717) is 16.9 Å².